The highest BCUT2D eigenvalue weighted by atomic mass is 16.5. The highest BCUT2D eigenvalue weighted by Crippen LogP contribution is 2.18. The minimum absolute atomic E-state index is 0.220. The minimum atomic E-state index is 0.220. The summed E-state index contributed by atoms with van der Waals surface area (Å²) in [6.45, 7) is 5.74. The molecule has 3 heteroatoms. The van der Waals surface area contributed by atoms with Crippen LogP contribution in [0.1, 0.15) is 31.7 Å². The van der Waals surface area contributed by atoms with Gasteiger partial charge in [-0.15, -0.1) is 0 Å². The molecule has 0 bridgehead atoms. The first-order valence-electron chi connectivity index (χ1n) is 6.92. The largest absolute Gasteiger partial charge is 0.488 e. The zero-order chi connectivity index (χ0) is 12.6. The van der Waals surface area contributed by atoms with E-state index in [2.05, 4.69) is 30.4 Å². The molecular weight excluding hydrogens is 226 g/mol. The molecule has 18 heavy (non-hydrogen) atoms. The molecule has 3 nitrogen and oxygen atoms in total. The molecule has 1 saturated heterocycles. The van der Waals surface area contributed by atoms with E-state index in [0.717, 1.165) is 51.3 Å². The fourth-order valence-corrected chi connectivity index (χ4v) is 2.13. The van der Waals surface area contributed by atoms with Crippen LogP contribution in [0.15, 0.2) is 24.3 Å². The van der Waals surface area contributed by atoms with Gasteiger partial charge in [0.1, 0.15) is 11.9 Å². The van der Waals surface area contributed by atoms with Crippen molar-refractivity contribution in [3.8, 4) is 5.75 Å². The van der Waals surface area contributed by atoms with E-state index >= 15 is 0 Å². The number of rotatable bonds is 6. The van der Waals surface area contributed by atoms with Gasteiger partial charge in [0.05, 0.1) is 6.61 Å². The topological polar surface area (TPSA) is 30.5 Å². The molecule has 0 aliphatic carbocycles. The Morgan fingerprint density at radius 1 is 1.44 bits per heavy atom. The van der Waals surface area contributed by atoms with Crippen LogP contribution in [0.25, 0.3) is 0 Å². The van der Waals surface area contributed by atoms with E-state index in [0.29, 0.717) is 0 Å². The van der Waals surface area contributed by atoms with Crippen LogP contribution in [-0.2, 0) is 11.3 Å². The van der Waals surface area contributed by atoms with Crippen LogP contribution < -0.4 is 10.1 Å². The highest BCUT2D eigenvalue weighted by molar-refractivity contribution is 5.28. The van der Waals surface area contributed by atoms with Gasteiger partial charge in [0.15, 0.2) is 0 Å². The summed E-state index contributed by atoms with van der Waals surface area (Å²) in [6.07, 6.45) is 3.58. The molecule has 1 unspecified atom stereocenters. The van der Waals surface area contributed by atoms with Crippen LogP contribution in [0.3, 0.4) is 0 Å². The predicted octanol–water partition coefficient (Wildman–Crippen LogP) is 2.74. The van der Waals surface area contributed by atoms with E-state index in [9.17, 15) is 0 Å². The maximum atomic E-state index is 5.95. The molecule has 1 aromatic rings. The molecule has 0 saturated carbocycles. The van der Waals surface area contributed by atoms with Crippen molar-refractivity contribution in [2.24, 2.45) is 0 Å². The van der Waals surface area contributed by atoms with Gasteiger partial charge in [0.25, 0.3) is 0 Å². The second-order valence-corrected chi connectivity index (χ2v) is 4.78. The monoisotopic (exact) mass is 249 g/mol. The Labute approximate surface area is 109 Å². The lowest BCUT2D eigenvalue weighted by molar-refractivity contribution is 0.00740. The first-order valence-corrected chi connectivity index (χ1v) is 6.92. The van der Waals surface area contributed by atoms with Crippen LogP contribution in [0.4, 0.5) is 0 Å². The highest BCUT2D eigenvalue weighted by Gasteiger charge is 2.15. The molecule has 0 aromatic heterocycles. The van der Waals surface area contributed by atoms with Crippen molar-refractivity contribution < 1.29 is 9.47 Å². The van der Waals surface area contributed by atoms with E-state index in [1.165, 1.54) is 5.56 Å². The van der Waals surface area contributed by atoms with Crippen molar-refractivity contribution >= 4 is 0 Å². The van der Waals surface area contributed by atoms with Gasteiger partial charge in [-0.25, -0.2) is 0 Å². The molecule has 1 heterocycles. The molecule has 1 aliphatic rings. The van der Waals surface area contributed by atoms with Gasteiger partial charge in [0.2, 0.25) is 0 Å². The fraction of sp³-hybridized carbons (Fsp3) is 0.600. The number of benzene rings is 1. The molecule has 1 aromatic carbocycles. The number of hydrogen-bond acceptors (Lipinski definition) is 3. The third kappa shape index (κ3) is 4.31. The molecule has 1 N–H and O–H groups in total. The van der Waals surface area contributed by atoms with E-state index in [1.807, 2.05) is 6.07 Å². The predicted molar refractivity (Wildman–Crippen MR) is 72.9 cm³/mol. The van der Waals surface area contributed by atoms with Crippen molar-refractivity contribution in [2.75, 3.05) is 19.8 Å². The van der Waals surface area contributed by atoms with Gasteiger partial charge in [-0.2, -0.15) is 0 Å². The maximum absolute atomic E-state index is 5.95. The molecule has 1 fully saturated rings. The van der Waals surface area contributed by atoms with Crippen molar-refractivity contribution in [1.82, 2.24) is 5.32 Å². The van der Waals surface area contributed by atoms with Crippen LogP contribution >= 0.6 is 0 Å². The first-order chi connectivity index (χ1) is 8.88. The third-order valence-corrected chi connectivity index (χ3v) is 3.08. The summed E-state index contributed by atoms with van der Waals surface area (Å²) in [5.74, 6) is 0.960. The molecule has 0 spiro atoms. The molecule has 1 aliphatic heterocycles. The lowest BCUT2D eigenvalue weighted by atomic mass is 10.1. The lowest BCUT2D eigenvalue weighted by Gasteiger charge is -2.23. The summed E-state index contributed by atoms with van der Waals surface area (Å²) >= 11 is 0. The Balaban J connectivity index is 1.85. The second kappa shape index (κ2) is 7.39. The Morgan fingerprint density at radius 2 is 2.39 bits per heavy atom. The SMILES string of the molecule is CCCNCc1cccc(OC2CCCOC2)c1. The Kier molecular flexibility index (Phi) is 5.49. The number of hydrogen-bond donors (Lipinski definition) is 1. The van der Waals surface area contributed by atoms with Crippen molar-refractivity contribution in [2.45, 2.75) is 38.8 Å². The summed E-state index contributed by atoms with van der Waals surface area (Å²) in [5, 5.41) is 3.40. The van der Waals surface area contributed by atoms with Crippen LogP contribution in [-0.4, -0.2) is 25.9 Å². The van der Waals surface area contributed by atoms with Gasteiger partial charge in [-0.05, 0) is 43.5 Å². The van der Waals surface area contributed by atoms with Gasteiger partial charge in [-0.3, -0.25) is 0 Å². The second-order valence-electron chi connectivity index (χ2n) is 4.78. The summed E-state index contributed by atoms with van der Waals surface area (Å²) in [5.41, 5.74) is 1.28. The van der Waals surface area contributed by atoms with Gasteiger partial charge in [0, 0.05) is 13.2 Å². The molecule has 2 rings (SSSR count). The van der Waals surface area contributed by atoms with Gasteiger partial charge >= 0.3 is 0 Å². The average Bonchev–Trinajstić information content (AvgIpc) is 2.41. The summed E-state index contributed by atoms with van der Waals surface area (Å²) in [6, 6.07) is 8.34. The molecular formula is C15H23NO2. The lowest BCUT2D eigenvalue weighted by Crippen LogP contribution is -2.28. The van der Waals surface area contributed by atoms with E-state index in [1.54, 1.807) is 0 Å². The molecule has 0 amide bonds. The maximum Gasteiger partial charge on any atom is 0.122 e. The van der Waals surface area contributed by atoms with Crippen LogP contribution in [0.5, 0.6) is 5.75 Å². The Hall–Kier alpha value is -1.06. The summed E-state index contributed by atoms with van der Waals surface area (Å²) < 4.78 is 11.4. The minimum Gasteiger partial charge on any atom is -0.488 e. The average molecular weight is 249 g/mol. The quantitative estimate of drug-likeness (QED) is 0.786. The van der Waals surface area contributed by atoms with Crippen molar-refractivity contribution in [1.29, 1.82) is 0 Å². The van der Waals surface area contributed by atoms with Gasteiger partial charge < -0.3 is 14.8 Å². The zero-order valence-corrected chi connectivity index (χ0v) is 11.2. The third-order valence-electron chi connectivity index (χ3n) is 3.08. The molecule has 0 radical (unpaired) electrons. The van der Waals surface area contributed by atoms with Crippen LogP contribution in [0.2, 0.25) is 0 Å². The molecule has 100 valence electrons. The fourth-order valence-electron chi connectivity index (χ4n) is 2.13. The van der Waals surface area contributed by atoms with Crippen LogP contribution in [0, 0.1) is 0 Å². The number of ether oxygens (including phenoxy) is 2. The summed E-state index contributed by atoms with van der Waals surface area (Å²) in [4.78, 5) is 0. The standard InChI is InChI=1S/C15H23NO2/c1-2-8-16-11-13-5-3-6-14(10-13)18-15-7-4-9-17-12-15/h3,5-6,10,15-16H,2,4,7-9,11-12H2,1H3. The van der Waals surface area contributed by atoms with E-state index < -0.39 is 0 Å². The summed E-state index contributed by atoms with van der Waals surface area (Å²) in [7, 11) is 0. The Morgan fingerprint density at radius 3 is 3.17 bits per heavy atom. The van der Waals surface area contributed by atoms with E-state index in [4.69, 9.17) is 9.47 Å². The van der Waals surface area contributed by atoms with E-state index in [-0.39, 0.29) is 6.10 Å². The smallest absolute Gasteiger partial charge is 0.122 e. The normalized spacial score (nSPS) is 19.7. The number of nitrogens with one attached hydrogen (secondary N) is 1. The Bertz CT molecular complexity index is 348. The zero-order valence-electron chi connectivity index (χ0n) is 11.2. The first kappa shape index (κ1) is 13.4. The van der Waals surface area contributed by atoms with Crippen molar-refractivity contribution in [3.05, 3.63) is 29.8 Å². The van der Waals surface area contributed by atoms with Gasteiger partial charge in [-0.1, -0.05) is 19.1 Å². The molecule has 1 atom stereocenters. The van der Waals surface area contributed by atoms with Crippen molar-refractivity contribution in [3.63, 3.8) is 0 Å².